The van der Waals surface area contributed by atoms with Crippen LogP contribution in [-0.2, 0) is 19.9 Å². The van der Waals surface area contributed by atoms with Crippen LogP contribution in [0.5, 0.6) is 0 Å². The summed E-state index contributed by atoms with van der Waals surface area (Å²) in [6.07, 6.45) is 0.411. The van der Waals surface area contributed by atoms with Gasteiger partial charge >= 0.3 is 11.9 Å². The van der Waals surface area contributed by atoms with Crippen LogP contribution in [0.2, 0.25) is 0 Å². The lowest BCUT2D eigenvalue weighted by Crippen LogP contribution is -2.51. The van der Waals surface area contributed by atoms with E-state index in [0.29, 0.717) is 12.0 Å². The van der Waals surface area contributed by atoms with Crippen LogP contribution in [0.1, 0.15) is 39.7 Å². The van der Waals surface area contributed by atoms with Crippen molar-refractivity contribution in [3.05, 3.63) is 48.0 Å². The normalized spacial score (nSPS) is 16.3. The average Bonchev–Trinajstić information content (AvgIpc) is 2.52. The van der Waals surface area contributed by atoms with E-state index in [9.17, 15) is 9.59 Å². The van der Waals surface area contributed by atoms with Crippen molar-refractivity contribution in [2.24, 2.45) is 17.4 Å². The van der Waals surface area contributed by atoms with Gasteiger partial charge in [-0.05, 0) is 42.5 Å². The summed E-state index contributed by atoms with van der Waals surface area (Å²) in [6.45, 7) is 7.00. The molecule has 0 bridgehead atoms. The van der Waals surface area contributed by atoms with Gasteiger partial charge in [0.15, 0.2) is 0 Å². The molecule has 5 heteroatoms. The molecule has 0 fully saturated rings. The van der Waals surface area contributed by atoms with Crippen LogP contribution >= 0.6 is 0 Å². The predicted molar refractivity (Wildman–Crippen MR) is 98.6 cm³/mol. The van der Waals surface area contributed by atoms with E-state index in [1.165, 1.54) is 0 Å². The summed E-state index contributed by atoms with van der Waals surface area (Å²) in [5, 5.41) is 1.80. The van der Waals surface area contributed by atoms with Gasteiger partial charge in [0.25, 0.3) is 0 Å². The topological polar surface area (TPSA) is 95.4 Å². The van der Waals surface area contributed by atoms with Crippen LogP contribution < -0.4 is 11.5 Å². The van der Waals surface area contributed by atoms with Gasteiger partial charge < -0.3 is 16.2 Å². The highest BCUT2D eigenvalue weighted by molar-refractivity contribution is 5.98. The number of hydrogen-bond acceptors (Lipinski definition) is 5. The maximum atomic E-state index is 12.6. The first-order chi connectivity index (χ1) is 11.6. The first-order valence-electron chi connectivity index (χ1n) is 8.38. The van der Waals surface area contributed by atoms with E-state index >= 15 is 0 Å². The molecule has 0 aromatic heterocycles. The third-order valence-electron chi connectivity index (χ3n) is 4.26. The summed E-state index contributed by atoms with van der Waals surface area (Å²) in [5.74, 6) is -1.38. The number of carbonyl (C=O) groups is 2. The van der Waals surface area contributed by atoms with Crippen LogP contribution in [0.3, 0.4) is 0 Å². The number of carbonyl (C=O) groups excluding carboxylic acids is 2. The lowest BCUT2D eigenvalue weighted by molar-refractivity contribution is -0.167. The molecule has 0 saturated carbocycles. The fourth-order valence-corrected chi connectivity index (χ4v) is 3.03. The van der Waals surface area contributed by atoms with Crippen LogP contribution in [0.15, 0.2) is 42.5 Å². The zero-order valence-electron chi connectivity index (χ0n) is 15.2. The quantitative estimate of drug-likeness (QED) is 0.643. The van der Waals surface area contributed by atoms with Crippen LogP contribution in [0, 0.1) is 5.92 Å². The van der Waals surface area contributed by atoms with Crippen molar-refractivity contribution in [1.29, 1.82) is 0 Å². The third-order valence-corrected chi connectivity index (χ3v) is 4.26. The lowest BCUT2D eigenvalue weighted by Gasteiger charge is -2.28. The number of benzene rings is 2. The molecule has 5 nitrogen and oxygen atoms in total. The van der Waals surface area contributed by atoms with E-state index in [1.807, 2.05) is 50.2 Å². The highest BCUT2D eigenvalue weighted by Crippen LogP contribution is 2.28. The summed E-state index contributed by atoms with van der Waals surface area (Å²) in [5.41, 5.74) is 10.2. The fraction of sp³-hybridized carbons (Fsp3) is 0.400. The maximum Gasteiger partial charge on any atom is 0.338 e. The SMILES string of the molecule is CC(C)C[C@@](C)(N)C(=O)OC(=O)[C@](C)(N)c1cccc2ccccc12. The van der Waals surface area contributed by atoms with Crippen LogP contribution in [0.25, 0.3) is 10.8 Å². The second-order valence-corrected chi connectivity index (χ2v) is 7.42. The maximum absolute atomic E-state index is 12.6. The molecule has 2 rings (SSSR count). The number of nitrogens with two attached hydrogens (primary N) is 2. The van der Waals surface area contributed by atoms with Crippen LogP contribution in [0.4, 0.5) is 0 Å². The molecule has 25 heavy (non-hydrogen) atoms. The van der Waals surface area contributed by atoms with E-state index in [0.717, 1.165) is 10.8 Å². The van der Waals surface area contributed by atoms with Gasteiger partial charge in [0.05, 0.1) is 0 Å². The summed E-state index contributed by atoms with van der Waals surface area (Å²) in [6, 6.07) is 13.1. The van der Waals surface area contributed by atoms with Crippen molar-refractivity contribution in [1.82, 2.24) is 0 Å². The number of fused-ring (bicyclic) bond motifs is 1. The molecule has 2 aromatic rings. The summed E-state index contributed by atoms with van der Waals surface area (Å²) in [7, 11) is 0. The molecule has 0 spiro atoms. The molecule has 0 radical (unpaired) electrons. The zero-order chi connectivity index (χ0) is 18.8. The smallest absolute Gasteiger partial charge is 0.338 e. The minimum atomic E-state index is -1.47. The molecule has 0 heterocycles. The van der Waals surface area contributed by atoms with Gasteiger partial charge in [-0.25, -0.2) is 9.59 Å². The standard InChI is InChI=1S/C20H26N2O3/c1-13(2)12-19(3,21)17(23)25-18(24)20(4,22)16-11-7-9-14-8-5-6-10-15(14)16/h5-11,13H,12,21-22H2,1-4H3/t19-,20-/m1/s1. The molecule has 2 atom stereocenters. The van der Waals surface area contributed by atoms with Crippen molar-refractivity contribution in [3.63, 3.8) is 0 Å². The van der Waals surface area contributed by atoms with Gasteiger partial charge in [0.2, 0.25) is 0 Å². The molecule has 0 aliphatic heterocycles. The van der Waals surface area contributed by atoms with E-state index < -0.39 is 23.0 Å². The minimum Gasteiger partial charge on any atom is -0.390 e. The fourth-order valence-electron chi connectivity index (χ4n) is 3.03. The van der Waals surface area contributed by atoms with Crippen molar-refractivity contribution in [3.8, 4) is 0 Å². The molecule has 2 aromatic carbocycles. The second-order valence-electron chi connectivity index (χ2n) is 7.42. The second kappa shape index (κ2) is 6.94. The number of rotatable bonds is 5. The number of ether oxygens (including phenoxy) is 1. The number of esters is 2. The Kier molecular flexibility index (Phi) is 5.30. The summed E-state index contributed by atoms with van der Waals surface area (Å²) >= 11 is 0. The van der Waals surface area contributed by atoms with Gasteiger partial charge in [-0.15, -0.1) is 0 Å². The van der Waals surface area contributed by atoms with Crippen molar-refractivity contribution >= 4 is 22.7 Å². The Hall–Kier alpha value is -2.24. The Bertz CT molecular complexity index is 789. The lowest BCUT2D eigenvalue weighted by atomic mass is 9.88. The van der Waals surface area contributed by atoms with E-state index in [2.05, 4.69) is 0 Å². The Morgan fingerprint density at radius 1 is 1.00 bits per heavy atom. The molecule has 0 aliphatic rings. The molecule has 4 N–H and O–H groups in total. The van der Waals surface area contributed by atoms with Crippen molar-refractivity contribution in [2.45, 2.75) is 45.2 Å². The zero-order valence-corrected chi connectivity index (χ0v) is 15.2. The van der Waals surface area contributed by atoms with Gasteiger partial charge in [0, 0.05) is 0 Å². The molecular weight excluding hydrogens is 316 g/mol. The molecule has 0 aliphatic carbocycles. The van der Waals surface area contributed by atoms with E-state index in [4.69, 9.17) is 16.2 Å². The Morgan fingerprint density at radius 2 is 1.60 bits per heavy atom. The molecular formula is C20H26N2O3. The Balaban J connectivity index is 2.29. The average molecular weight is 342 g/mol. The Labute approximate surface area is 148 Å². The molecule has 0 saturated heterocycles. The Morgan fingerprint density at radius 3 is 2.24 bits per heavy atom. The monoisotopic (exact) mass is 342 g/mol. The highest BCUT2D eigenvalue weighted by atomic mass is 16.6. The van der Waals surface area contributed by atoms with Gasteiger partial charge in [-0.1, -0.05) is 56.3 Å². The third kappa shape index (κ3) is 4.06. The first-order valence-corrected chi connectivity index (χ1v) is 8.38. The number of hydrogen-bond donors (Lipinski definition) is 2. The van der Waals surface area contributed by atoms with Gasteiger partial charge in [-0.3, -0.25) is 0 Å². The summed E-state index contributed by atoms with van der Waals surface area (Å²) < 4.78 is 5.06. The summed E-state index contributed by atoms with van der Waals surface area (Å²) in [4.78, 5) is 25.0. The van der Waals surface area contributed by atoms with Crippen LogP contribution in [-0.4, -0.2) is 17.5 Å². The van der Waals surface area contributed by atoms with E-state index in [1.54, 1.807) is 19.9 Å². The predicted octanol–water partition coefficient (Wildman–Crippen LogP) is 2.85. The first kappa shape index (κ1) is 19.1. The van der Waals surface area contributed by atoms with Crippen molar-refractivity contribution < 1.29 is 14.3 Å². The van der Waals surface area contributed by atoms with Crippen molar-refractivity contribution in [2.75, 3.05) is 0 Å². The van der Waals surface area contributed by atoms with E-state index in [-0.39, 0.29) is 5.92 Å². The minimum absolute atomic E-state index is 0.194. The molecule has 0 amide bonds. The largest absolute Gasteiger partial charge is 0.390 e. The van der Waals surface area contributed by atoms with Gasteiger partial charge in [-0.2, -0.15) is 0 Å². The highest BCUT2D eigenvalue weighted by Gasteiger charge is 2.39. The van der Waals surface area contributed by atoms with Gasteiger partial charge in [0.1, 0.15) is 11.1 Å². The molecule has 134 valence electrons. The molecule has 0 unspecified atom stereocenters.